The number of fused-ring (bicyclic) bond motifs is 1. The number of halogens is 1. The van der Waals surface area contributed by atoms with Crippen molar-refractivity contribution in [3.8, 4) is 5.75 Å². The van der Waals surface area contributed by atoms with Gasteiger partial charge in [0, 0.05) is 13.0 Å². The number of carbonyl (C=O) groups excluding carboxylic acids is 2. The van der Waals surface area contributed by atoms with E-state index >= 15 is 0 Å². The maximum atomic E-state index is 12.5. The lowest BCUT2D eigenvalue weighted by molar-refractivity contribution is -0.142. The standard InChI is InChI=1S/C15H17FN2O5/c1-9-14(20)18(11-4-2-3-5-12(11)23-9)7-6-13(19)17-10(8-16)15(21)22/h2-5,9-10H,6-8H2,1H3,(H,17,19)(H,21,22). The third-order valence-electron chi connectivity index (χ3n) is 3.42. The van der Waals surface area contributed by atoms with Crippen LogP contribution in [0.2, 0.25) is 0 Å². The van der Waals surface area contributed by atoms with Gasteiger partial charge in [-0.05, 0) is 19.1 Å². The van der Waals surface area contributed by atoms with Crippen molar-refractivity contribution in [2.75, 3.05) is 18.1 Å². The van der Waals surface area contributed by atoms with Gasteiger partial charge in [-0.15, -0.1) is 0 Å². The second-order valence-electron chi connectivity index (χ2n) is 5.08. The highest BCUT2D eigenvalue weighted by Crippen LogP contribution is 2.33. The van der Waals surface area contributed by atoms with Gasteiger partial charge in [0.1, 0.15) is 12.4 Å². The SMILES string of the molecule is CC1Oc2ccccc2N(CCC(=O)NC(CF)C(=O)O)C1=O. The predicted octanol–water partition coefficient (Wildman–Crippen LogP) is 0.729. The quantitative estimate of drug-likeness (QED) is 0.804. The normalized spacial score (nSPS) is 17.9. The minimum Gasteiger partial charge on any atom is -0.480 e. The number of hydrogen-bond donors (Lipinski definition) is 2. The van der Waals surface area contributed by atoms with Crippen LogP contribution in [0.15, 0.2) is 24.3 Å². The van der Waals surface area contributed by atoms with Gasteiger partial charge in [0.2, 0.25) is 5.91 Å². The number of carbonyl (C=O) groups is 3. The number of nitrogens with zero attached hydrogens (tertiary/aromatic N) is 1. The molecule has 2 unspecified atom stereocenters. The van der Waals surface area contributed by atoms with Gasteiger partial charge in [0.15, 0.2) is 12.1 Å². The Morgan fingerprint density at radius 2 is 2.13 bits per heavy atom. The first kappa shape index (κ1) is 16.7. The number of alkyl halides is 1. The summed E-state index contributed by atoms with van der Waals surface area (Å²) in [5.41, 5.74) is 0.545. The van der Waals surface area contributed by atoms with Crippen molar-refractivity contribution >= 4 is 23.5 Å². The topological polar surface area (TPSA) is 95.9 Å². The highest BCUT2D eigenvalue weighted by atomic mass is 19.1. The molecular formula is C15H17FN2O5. The fourth-order valence-electron chi connectivity index (χ4n) is 2.24. The molecule has 7 nitrogen and oxygen atoms in total. The van der Waals surface area contributed by atoms with Crippen LogP contribution >= 0.6 is 0 Å². The molecule has 0 fully saturated rings. The summed E-state index contributed by atoms with van der Waals surface area (Å²) in [5, 5.41) is 10.8. The zero-order chi connectivity index (χ0) is 17.0. The molecule has 0 radical (unpaired) electrons. The van der Waals surface area contributed by atoms with E-state index in [1.165, 1.54) is 4.90 Å². The van der Waals surface area contributed by atoms with E-state index in [2.05, 4.69) is 5.32 Å². The molecule has 0 aromatic heterocycles. The zero-order valence-corrected chi connectivity index (χ0v) is 12.5. The Labute approximate surface area is 132 Å². The number of benzene rings is 1. The molecule has 1 aromatic rings. The van der Waals surface area contributed by atoms with Crippen molar-refractivity contribution in [2.45, 2.75) is 25.5 Å². The second kappa shape index (κ2) is 7.08. The van der Waals surface area contributed by atoms with Gasteiger partial charge in [-0.1, -0.05) is 12.1 Å². The summed E-state index contributed by atoms with van der Waals surface area (Å²) in [7, 11) is 0. The van der Waals surface area contributed by atoms with Crippen LogP contribution in [0, 0.1) is 0 Å². The van der Waals surface area contributed by atoms with Crippen LogP contribution in [0.3, 0.4) is 0 Å². The van der Waals surface area contributed by atoms with E-state index in [0.717, 1.165) is 0 Å². The fourth-order valence-corrected chi connectivity index (χ4v) is 2.24. The van der Waals surface area contributed by atoms with Gasteiger partial charge < -0.3 is 20.1 Å². The van der Waals surface area contributed by atoms with Crippen molar-refractivity contribution in [3.63, 3.8) is 0 Å². The molecule has 2 rings (SSSR count). The molecule has 2 atom stereocenters. The van der Waals surface area contributed by atoms with Crippen LogP contribution in [-0.4, -0.2) is 48.3 Å². The third kappa shape index (κ3) is 3.77. The highest BCUT2D eigenvalue weighted by molar-refractivity contribution is 6.00. The van der Waals surface area contributed by atoms with Crippen molar-refractivity contribution in [1.29, 1.82) is 0 Å². The molecule has 2 amide bonds. The second-order valence-corrected chi connectivity index (χ2v) is 5.08. The van der Waals surface area contributed by atoms with E-state index in [-0.39, 0.29) is 18.9 Å². The molecule has 0 spiro atoms. The van der Waals surface area contributed by atoms with Gasteiger partial charge in [0.25, 0.3) is 5.91 Å². The van der Waals surface area contributed by atoms with E-state index in [0.29, 0.717) is 11.4 Å². The number of anilines is 1. The number of nitrogens with one attached hydrogen (secondary N) is 1. The van der Waals surface area contributed by atoms with Crippen molar-refractivity contribution in [3.05, 3.63) is 24.3 Å². The Morgan fingerprint density at radius 3 is 2.78 bits per heavy atom. The van der Waals surface area contributed by atoms with Gasteiger partial charge in [-0.3, -0.25) is 9.59 Å². The Hall–Kier alpha value is -2.64. The number of carboxylic acid groups (broad SMARTS) is 1. The Balaban J connectivity index is 2.03. The maximum absolute atomic E-state index is 12.5. The lowest BCUT2D eigenvalue weighted by atomic mass is 10.1. The molecule has 0 aliphatic carbocycles. The molecule has 2 N–H and O–H groups in total. The molecule has 23 heavy (non-hydrogen) atoms. The average molecular weight is 324 g/mol. The number of hydrogen-bond acceptors (Lipinski definition) is 4. The highest BCUT2D eigenvalue weighted by Gasteiger charge is 2.31. The smallest absolute Gasteiger partial charge is 0.328 e. The molecule has 1 heterocycles. The lowest BCUT2D eigenvalue weighted by Crippen LogP contribution is -2.47. The summed E-state index contributed by atoms with van der Waals surface area (Å²) in [5.74, 6) is -1.84. The van der Waals surface area contributed by atoms with Crippen LogP contribution in [0.1, 0.15) is 13.3 Å². The first-order chi connectivity index (χ1) is 10.9. The van der Waals surface area contributed by atoms with Crippen LogP contribution < -0.4 is 15.0 Å². The minimum atomic E-state index is -1.57. The number of amides is 2. The van der Waals surface area contributed by atoms with Gasteiger partial charge in [-0.2, -0.15) is 0 Å². The number of carboxylic acids is 1. The first-order valence-electron chi connectivity index (χ1n) is 7.09. The molecule has 124 valence electrons. The van der Waals surface area contributed by atoms with Crippen molar-refractivity contribution in [2.24, 2.45) is 0 Å². The summed E-state index contributed by atoms with van der Waals surface area (Å²) in [6.45, 7) is 0.459. The minimum absolute atomic E-state index is 0.0496. The van der Waals surface area contributed by atoms with Gasteiger partial charge >= 0.3 is 5.97 Å². The lowest BCUT2D eigenvalue weighted by Gasteiger charge is -2.32. The number of aliphatic carboxylic acids is 1. The summed E-state index contributed by atoms with van der Waals surface area (Å²) < 4.78 is 18.0. The molecule has 0 saturated carbocycles. The Bertz CT molecular complexity index is 622. The number of ether oxygens (including phenoxy) is 1. The molecule has 0 saturated heterocycles. The summed E-state index contributed by atoms with van der Waals surface area (Å²) >= 11 is 0. The van der Waals surface area contributed by atoms with Crippen molar-refractivity contribution in [1.82, 2.24) is 5.32 Å². The van der Waals surface area contributed by atoms with E-state index < -0.39 is 30.7 Å². The summed E-state index contributed by atoms with van der Waals surface area (Å²) in [6, 6.07) is 5.34. The van der Waals surface area contributed by atoms with Crippen molar-refractivity contribution < 1.29 is 28.6 Å². The zero-order valence-electron chi connectivity index (χ0n) is 12.5. The Kier molecular flexibility index (Phi) is 5.15. The molecule has 1 aromatic carbocycles. The van der Waals surface area contributed by atoms with Gasteiger partial charge in [-0.25, -0.2) is 9.18 Å². The average Bonchev–Trinajstić information content (AvgIpc) is 2.52. The molecular weight excluding hydrogens is 307 g/mol. The molecule has 8 heteroatoms. The number of rotatable bonds is 6. The van der Waals surface area contributed by atoms with E-state index in [1.54, 1.807) is 31.2 Å². The first-order valence-corrected chi connectivity index (χ1v) is 7.09. The molecule has 1 aliphatic heterocycles. The molecule has 0 bridgehead atoms. The van der Waals surface area contributed by atoms with Crippen LogP contribution in [0.5, 0.6) is 5.75 Å². The molecule has 1 aliphatic rings. The van der Waals surface area contributed by atoms with Crippen LogP contribution in [0.25, 0.3) is 0 Å². The number of para-hydroxylation sites is 2. The van der Waals surface area contributed by atoms with Gasteiger partial charge in [0.05, 0.1) is 5.69 Å². The Morgan fingerprint density at radius 1 is 1.43 bits per heavy atom. The third-order valence-corrected chi connectivity index (χ3v) is 3.42. The fraction of sp³-hybridized carbons (Fsp3) is 0.400. The van der Waals surface area contributed by atoms with E-state index in [9.17, 15) is 18.8 Å². The monoisotopic (exact) mass is 324 g/mol. The summed E-state index contributed by atoms with van der Waals surface area (Å²) in [4.78, 5) is 36.1. The van der Waals surface area contributed by atoms with Crippen LogP contribution in [-0.2, 0) is 14.4 Å². The largest absolute Gasteiger partial charge is 0.480 e. The van der Waals surface area contributed by atoms with Crippen LogP contribution in [0.4, 0.5) is 10.1 Å². The summed E-state index contributed by atoms with van der Waals surface area (Å²) in [6.07, 6.45) is -0.818. The van der Waals surface area contributed by atoms with E-state index in [4.69, 9.17) is 9.84 Å². The maximum Gasteiger partial charge on any atom is 0.328 e. The van der Waals surface area contributed by atoms with E-state index in [1.807, 2.05) is 0 Å². The predicted molar refractivity (Wildman–Crippen MR) is 79.0 cm³/mol.